The summed E-state index contributed by atoms with van der Waals surface area (Å²) in [4.78, 5) is 27.6. The van der Waals surface area contributed by atoms with Gasteiger partial charge >= 0.3 is 0 Å². The van der Waals surface area contributed by atoms with E-state index in [-0.39, 0.29) is 24.1 Å². The summed E-state index contributed by atoms with van der Waals surface area (Å²) in [5.74, 6) is -0.307. The van der Waals surface area contributed by atoms with E-state index in [1.165, 1.54) is 24.3 Å². The second-order valence-corrected chi connectivity index (χ2v) is 5.13. The molecule has 2 aromatic rings. The van der Waals surface area contributed by atoms with E-state index in [1.807, 2.05) is 13.0 Å². The minimum Gasteiger partial charge on any atom is -0.352 e. The van der Waals surface area contributed by atoms with Gasteiger partial charge in [0.1, 0.15) is 11.6 Å². The van der Waals surface area contributed by atoms with E-state index in [0.717, 1.165) is 5.56 Å². The lowest BCUT2D eigenvalue weighted by Gasteiger charge is -2.06. The van der Waals surface area contributed by atoms with E-state index in [4.69, 9.17) is 0 Å². The van der Waals surface area contributed by atoms with Crippen LogP contribution in [0.1, 0.15) is 28.8 Å². The maximum absolute atomic E-state index is 12.8. The molecule has 0 saturated heterocycles. The lowest BCUT2D eigenvalue weighted by atomic mass is 10.2. The van der Waals surface area contributed by atoms with Gasteiger partial charge in [-0.3, -0.25) is 9.59 Å². The van der Waals surface area contributed by atoms with Gasteiger partial charge in [-0.15, -0.1) is 0 Å². The van der Waals surface area contributed by atoms with Crippen LogP contribution in [-0.4, -0.2) is 23.3 Å². The van der Waals surface area contributed by atoms with Crippen LogP contribution in [0.25, 0.3) is 0 Å². The first kappa shape index (κ1) is 16.6. The second kappa shape index (κ2) is 8.03. The van der Waals surface area contributed by atoms with E-state index < -0.39 is 0 Å². The molecule has 1 aromatic carbocycles. The molecule has 0 bridgehead atoms. The van der Waals surface area contributed by atoms with Gasteiger partial charge in [0.2, 0.25) is 5.91 Å². The molecule has 2 N–H and O–H groups in total. The third kappa shape index (κ3) is 5.50. The number of aryl methyl sites for hydroxylation is 1. The van der Waals surface area contributed by atoms with Crippen molar-refractivity contribution in [2.45, 2.75) is 19.8 Å². The normalized spacial score (nSPS) is 10.2. The van der Waals surface area contributed by atoms with Crippen LogP contribution in [0, 0.1) is 12.7 Å². The summed E-state index contributed by atoms with van der Waals surface area (Å²) in [5.41, 5.74) is 1.40. The zero-order valence-electron chi connectivity index (χ0n) is 12.8. The van der Waals surface area contributed by atoms with Crippen molar-refractivity contribution in [3.8, 4) is 0 Å². The molecule has 120 valence electrons. The molecule has 0 atom stereocenters. The Kier molecular flexibility index (Phi) is 5.80. The molecule has 1 aromatic heterocycles. The van der Waals surface area contributed by atoms with Gasteiger partial charge in [-0.05, 0) is 55.3 Å². The van der Waals surface area contributed by atoms with E-state index in [1.54, 1.807) is 12.3 Å². The summed E-state index contributed by atoms with van der Waals surface area (Å²) in [6.07, 6.45) is 2.41. The molecule has 0 aliphatic carbocycles. The molecule has 0 spiro atoms. The largest absolute Gasteiger partial charge is 0.352 e. The Morgan fingerprint density at radius 1 is 1.17 bits per heavy atom. The molecule has 0 unspecified atom stereocenters. The van der Waals surface area contributed by atoms with Crippen molar-refractivity contribution in [2.24, 2.45) is 0 Å². The highest BCUT2D eigenvalue weighted by Crippen LogP contribution is 2.06. The van der Waals surface area contributed by atoms with Crippen molar-refractivity contribution in [2.75, 3.05) is 11.9 Å². The van der Waals surface area contributed by atoms with Crippen LogP contribution in [0.5, 0.6) is 0 Å². The number of carbonyl (C=O) groups is 2. The van der Waals surface area contributed by atoms with Gasteiger partial charge < -0.3 is 10.6 Å². The van der Waals surface area contributed by atoms with Gasteiger partial charge in [0, 0.05) is 24.7 Å². The Morgan fingerprint density at radius 2 is 1.91 bits per heavy atom. The van der Waals surface area contributed by atoms with Crippen LogP contribution in [0.3, 0.4) is 0 Å². The Balaban J connectivity index is 1.69. The molecule has 1 heterocycles. The first-order valence-corrected chi connectivity index (χ1v) is 7.31. The molecular formula is C17H18FN3O2. The van der Waals surface area contributed by atoms with Gasteiger partial charge in [0.05, 0.1) is 0 Å². The first-order chi connectivity index (χ1) is 11.0. The van der Waals surface area contributed by atoms with Gasteiger partial charge in [0.25, 0.3) is 5.91 Å². The van der Waals surface area contributed by atoms with Crippen LogP contribution in [0.4, 0.5) is 10.2 Å². The zero-order valence-corrected chi connectivity index (χ0v) is 12.8. The summed E-state index contributed by atoms with van der Waals surface area (Å²) in [5, 5.41) is 5.39. The summed E-state index contributed by atoms with van der Waals surface area (Å²) in [6, 6.07) is 8.94. The highest BCUT2D eigenvalue weighted by molar-refractivity contribution is 5.94. The van der Waals surface area contributed by atoms with Crippen LogP contribution in [0.2, 0.25) is 0 Å². The molecule has 0 aliphatic rings. The number of carbonyl (C=O) groups excluding carboxylic acids is 2. The fraction of sp³-hybridized carbons (Fsp3) is 0.235. The lowest BCUT2D eigenvalue weighted by molar-refractivity contribution is -0.116. The van der Waals surface area contributed by atoms with Gasteiger partial charge in [-0.2, -0.15) is 0 Å². The van der Waals surface area contributed by atoms with Gasteiger partial charge in [0.15, 0.2) is 0 Å². The highest BCUT2D eigenvalue weighted by Gasteiger charge is 2.06. The van der Waals surface area contributed by atoms with E-state index in [9.17, 15) is 14.0 Å². The van der Waals surface area contributed by atoms with Crippen LogP contribution in [0.15, 0.2) is 42.6 Å². The monoisotopic (exact) mass is 315 g/mol. The van der Waals surface area contributed by atoms with E-state index >= 15 is 0 Å². The van der Waals surface area contributed by atoms with Crippen LogP contribution in [-0.2, 0) is 4.79 Å². The Labute approximate surface area is 133 Å². The molecule has 2 rings (SSSR count). The van der Waals surface area contributed by atoms with Crippen molar-refractivity contribution in [3.63, 3.8) is 0 Å². The number of anilines is 1. The minimum atomic E-state index is -0.386. The Hall–Kier alpha value is -2.76. The number of halogens is 1. The third-order valence-corrected chi connectivity index (χ3v) is 3.16. The summed E-state index contributed by atoms with van der Waals surface area (Å²) < 4.78 is 12.8. The number of rotatable bonds is 6. The SMILES string of the molecule is Cc1ccnc(NC(=O)CCCNC(=O)c2ccc(F)cc2)c1. The number of amides is 2. The van der Waals surface area contributed by atoms with Crippen molar-refractivity contribution >= 4 is 17.6 Å². The second-order valence-electron chi connectivity index (χ2n) is 5.13. The van der Waals surface area contributed by atoms with Crippen LogP contribution >= 0.6 is 0 Å². The fourth-order valence-electron chi connectivity index (χ4n) is 1.96. The van der Waals surface area contributed by atoms with E-state index in [2.05, 4.69) is 15.6 Å². The number of aromatic nitrogens is 1. The Bertz CT molecular complexity index is 686. The average molecular weight is 315 g/mol. The number of benzene rings is 1. The predicted octanol–water partition coefficient (Wildman–Crippen LogP) is 2.68. The molecule has 2 amide bonds. The topological polar surface area (TPSA) is 71.1 Å². The number of nitrogens with one attached hydrogen (secondary N) is 2. The highest BCUT2D eigenvalue weighted by atomic mass is 19.1. The fourth-order valence-corrected chi connectivity index (χ4v) is 1.96. The van der Waals surface area contributed by atoms with Crippen molar-refractivity contribution in [1.29, 1.82) is 0 Å². The average Bonchev–Trinajstić information content (AvgIpc) is 2.52. The predicted molar refractivity (Wildman–Crippen MR) is 85.6 cm³/mol. The summed E-state index contributed by atoms with van der Waals surface area (Å²) in [6.45, 7) is 2.28. The Morgan fingerprint density at radius 3 is 2.61 bits per heavy atom. The molecule has 23 heavy (non-hydrogen) atoms. The van der Waals surface area contributed by atoms with Gasteiger partial charge in [-0.1, -0.05) is 0 Å². The maximum atomic E-state index is 12.8. The standard InChI is InChI=1S/C17H18FN3O2/c1-12-8-10-19-15(11-12)21-16(22)3-2-9-20-17(23)13-4-6-14(18)7-5-13/h4-8,10-11H,2-3,9H2,1H3,(H,20,23)(H,19,21,22). The molecule has 0 radical (unpaired) electrons. The lowest BCUT2D eigenvalue weighted by Crippen LogP contribution is -2.25. The van der Waals surface area contributed by atoms with Crippen molar-refractivity contribution < 1.29 is 14.0 Å². The molecule has 0 fully saturated rings. The van der Waals surface area contributed by atoms with Gasteiger partial charge in [-0.25, -0.2) is 9.37 Å². The number of hydrogen-bond donors (Lipinski definition) is 2. The first-order valence-electron chi connectivity index (χ1n) is 7.31. The maximum Gasteiger partial charge on any atom is 0.251 e. The van der Waals surface area contributed by atoms with Crippen LogP contribution < -0.4 is 10.6 Å². The van der Waals surface area contributed by atoms with Crippen molar-refractivity contribution in [1.82, 2.24) is 10.3 Å². The minimum absolute atomic E-state index is 0.154. The third-order valence-electron chi connectivity index (χ3n) is 3.16. The quantitative estimate of drug-likeness (QED) is 0.805. The summed E-state index contributed by atoms with van der Waals surface area (Å²) in [7, 11) is 0. The van der Waals surface area contributed by atoms with E-state index in [0.29, 0.717) is 24.3 Å². The van der Waals surface area contributed by atoms with Crippen molar-refractivity contribution in [3.05, 3.63) is 59.5 Å². The molecule has 0 saturated carbocycles. The number of pyridine rings is 1. The zero-order chi connectivity index (χ0) is 16.7. The molecular weight excluding hydrogens is 297 g/mol. The number of nitrogens with zero attached hydrogens (tertiary/aromatic N) is 1. The molecule has 5 nitrogen and oxygen atoms in total. The smallest absolute Gasteiger partial charge is 0.251 e. The summed E-state index contributed by atoms with van der Waals surface area (Å²) >= 11 is 0. The number of hydrogen-bond acceptors (Lipinski definition) is 3. The molecule has 0 aliphatic heterocycles. The molecule has 6 heteroatoms.